The van der Waals surface area contributed by atoms with Crippen molar-refractivity contribution in [1.29, 1.82) is 0 Å². The normalized spacial score (nSPS) is 13.8. The fourth-order valence-corrected chi connectivity index (χ4v) is 23.3. The zero-order valence-corrected chi connectivity index (χ0v) is 26.8. The Kier molecular flexibility index (Phi) is 7.81. The summed E-state index contributed by atoms with van der Waals surface area (Å²) in [6.45, 7) is 8.90. The Morgan fingerprint density at radius 3 is 1.76 bits per heavy atom. The average molecular weight is 619 g/mol. The maximum absolute atomic E-state index is 5.57. The average Bonchev–Trinajstić information content (AvgIpc) is 3.53. The van der Waals surface area contributed by atoms with Crippen molar-refractivity contribution in [3.63, 3.8) is 0 Å². The van der Waals surface area contributed by atoms with Crippen LogP contribution in [0.1, 0.15) is 39.8 Å². The summed E-state index contributed by atoms with van der Waals surface area (Å²) in [4.78, 5) is 0. The topological polar surface area (TPSA) is 0 Å². The van der Waals surface area contributed by atoms with Gasteiger partial charge >= 0.3 is 218 Å². The zero-order chi connectivity index (χ0) is 25.1. The van der Waals surface area contributed by atoms with Crippen LogP contribution in [0, 0.1) is 27.7 Å². The molecule has 3 heteroatoms. The molecule has 0 spiro atoms. The molecule has 0 radical (unpaired) electrons. The van der Waals surface area contributed by atoms with E-state index in [2.05, 4.69) is 125 Å². The molecule has 0 bridgehead atoms. The van der Waals surface area contributed by atoms with E-state index < -0.39 is 18.3 Å². The monoisotopic (exact) mass is 616 g/mol. The van der Waals surface area contributed by atoms with Gasteiger partial charge in [0.15, 0.2) is 0 Å². The molecular formula is C35H36Cl2Zr. The summed E-state index contributed by atoms with van der Waals surface area (Å²) in [7, 11) is 0. The van der Waals surface area contributed by atoms with Gasteiger partial charge in [-0.3, -0.25) is 0 Å². The minimum absolute atomic E-state index is 0. The van der Waals surface area contributed by atoms with E-state index in [0.29, 0.717) is 0 Å². The molecule has 0 heterocycles. The number of hydrogen-bond donors (Lipinski definition) is 0. The molecule has 0 unspecified atom stereocenters. The van der Waals surface area contributed by atoms with Gasteiger partial charge in [0, 0.05) is 0 Å². The first-order chi connectivity index (χ1) is 17.3. The molecular weight excluding hydrogens is 583 g/mol. The second-order valence-corrected chi connectivity index (χ2v) is 23.9. The molecule has 0 saturated heterocycles. The molecule has 6 rings (SSSR count). The number of halogens is 2. The Labute approximate surface area is 241 Å². The molecule has 4 aromatic rings. The van der Waals surface area contributed by atoms with Crippen LogP contribution in [0.15, 0.2) is 100 Å². The van der Waals surface area contributed by atoms with Crippen molar-refractivity contribution < 1.29 is 18.3 Å². The van der Waals surface area contributed by atoms with Gasteiger partial charge in [0.2, 0.25) is 0 Å². The number of hydrogen-bond acceptors (Lipinski definition) is 0. The van der Waals surface area contributed by atoms with Crippen molar-refractivity contribution >= 4 is 38.8 Å². The third kappa shape index (κ3) is 4.02. The van der Waals surface area contributed by atoms with E-state index in [4.69, 9.17) is 4.21 Å². The van der Waals surface area contributed by atoms with Gasteiger partial charge in [-0.25, -0.2) is 0 Å². The van der Waals surface area contributed by atoms with Crippen molar-refractivity contribution in [3.05, 3.63) is 134 Å². The van der Waals surface area contributed by atoms with Gasteiger partial charge in [-0.15, -0.1) is 24.8 Å². The third-order valence-corrected chi connectivity index (χ3v) is 25.6. The van der Waals surface area contributed by atoms with Crippen LogP contribution in [0.4, 0.5) is 0 Å². The first-order valence-electron chi connectivity index (χ1n) is 13.1. The zero-order valence-electron chi connectivity index (χ0n) is 22.7. The second kappa shape index (κ2) is 10.3. The first kappa shape index (κ1) is 28.7. The molecule has 4 aromatic carbocycles. The Bertz CT molecular complexity index is 1600. The molecule has 194 valence electrons. The van der Waals surface area contributed by atoms with Crippen LogP contribution in [0.3, 0.4) is 0 Å². The maximum atomic E-state index is 5.57. The van der Waals surface area contributed by atoms with Gasteiger partial charge in [0.1, 0.15) is 0 Å². The molecule has 38 heavy (non-hydrogen) atoms. The Hall–Kier alpha value is -2.31. The summed E-state index contributed by atoms with van der Waals surface area (Å²) >= 11 is -4.58. The van der Waals surface area contributed by atoms with E-state index >= 15 is 0 Å². The third-order valence-electron chi connectivity index (χ3n) is 8.85. The summed E-state index contributed by atoms with van der Waals surface area (Å²) < 4.78 is 11.5. The van der Waals surface area contributed by atoms with Crippen molar-refractivity contribution in [1.82, 2.24) is 0 Å². The van der Waals surface area contributed by atoms with Gasteiger partial charge in [-0.2, -0.15) is 0 Å². The number of aryl methyl sites for hydroxylation is 4. The minimum atomic E-state index is -4.58. The van der Waals surface area contributed by atoms with Crippen LogP contribution in [-0.2, 0) is 24.7 Å². The molecule has 0 fully saturated rings. The summed E-state index contributed by atoms with van der Waals surface area (Å²) in [5, 5.41) is 0. The van der Waals surface area contributed by atoms with E-state index in [1.807, 2.05) is 0 Å². The predicted molar refractivity (Wildman–Crippen MR) is 169 cm³/mol. The van der Waals surface area contributed by atoms with Crippen molar-refractivity contribution in [2.45, 2.75) is 40.5 Å². The van der Waals surface area contributed by atoms with E-state index in [0.717, 1.165) is 12.8 Å². The number of benzene rings is 4. The van der Waals surface area contributed by atoms with Gasteiger partial charge in [-0.05, 0) is 0 Å². The standard InChI is InChI=1S/C15H13.2C7H7.C5H5.CH2.2ClH.Zr/c1-10-3-5-14-12(7-10)9-13-8-11(2)4-6-15(13)14;2*1-7-5-3-2-4-6-7;1-2-4-5-3-1;;;;/h3-7H,9H2,1-2H3;2*3-6H,1H3;1-3H,4H2;1H2;2*1H;. The molecule has 0 saturated carbocycles. The van der Waals surface area contributed by atoms with Gasteiger partial charge < -0.3 is 0 Å². The Balaban J connectivity index is 0.00000168. The molecule has 2 aliphatic rings. The van der Waals surface area contributed by atoms with Crippen LogP contribution in [0.25, 0.3) is 11.1 Å². The molecule has 0 aliphatic heterocycles. The van der Waals surface area contributed by atoms with Crippen LogP contribution < -0.4 is 9.81 Å². The van der Waals surface area contributed by atoms with Crippen LogP contribution in [0.2, 0.25) is 0 Å². The molecule has 0 amide bonds. The van der Waals surface area contributed by atoms with Gasteiger partial charge in [0.05, 0.1) is 0 Å². The van der Waals surface area contributed by atoms with Crippen molar-refractivity contribution in [2.75, 3.05) is 0 Å². The summed E-state index contributed by atoms with van der Waals surface area (Å²) in [6.07, 6.45) is 8.95. The first-order valence-corrected chi connectivity index (χ1v) is 19.7. The van der Waals surface area contributed by atoms with Crippen molar-refractivity contribution in [3.8, 4) is 11.1 Å². The summed E-state index contributed by atoms with van der Waals surface area (Å²) in [5.74, 6) is 0. The number of rotatable bonds is 4. The summed E-state index contributed by atoms with van der Waals surface area (Å²) in [5.41, 5.74) is 11.1. The number of allylic oxidation sites excluding steroid dienone is 4. The van der Waals surface area contributed by atoms with E-state index in [1.165, 1.54) is 54.3 Å². The van der Waals surface area contributed by atoms with Gasteiger partial charge in [-0.1, -0.05) is 0 Å². The predicted octanol–water partition coefficient (Wildman–Crippen LogP) is 7.58. The molecule has 0 atom stereocenters. The Morgan fingerprint density at radius 2 is 1.21 bits per heavy atom. The van der Waals surface area contributed by atoms with E-state index in [1.54, 1.807) is 3.27 Å². The Morgan fingerprint density at radius 1 is 0.658 bits per heavy atom. The molecule has 0 aromatic heterocycles. The van der Waals surface area contributed by atoms with E-state index in [-0.39, 0.29) is 24.8 Å². The second-order valence-electron chi connectivity index (χ2n) is 11.1. The van der Waals surface area contributed by atoms with Crippen molar-refractivity contribution in [2.24, 2.45) is 0 Å². The van der Waals surface area contributed by atoms with Gasteiger partial charge in [0.25, 0.3) is 0 Å². The quantitative estimate of drug-likeness (QED) is 0.195. The molecule has 0 nitrogen and oxygen atoms in total. The van der Waals surface area contributed by atoms with E-state index in [9.17, 15) is 0 Å². The number of fused-ring (bicyclic) bond motifs is 3. The van der Waals surface area contributed by atoms with Crippen LogP contribution in [-0.4, -0.2) is 4.21 Å². The summed E-state index contributed by atoms with van der Waals surface area (Å²) in [6, 6.07) is 30.5. The fourth-order valence-electron chi connectivity index (χ4n) is 6.98. The van der Waals surface area contributed by atoms with Crippen LogP contribution in [0.5, 0.6) is 0 Å². The fraction of sp³-hybridized carbons (Fsp3) is 0.171. The van der Waals surface area contributed by atoms with Crippen LogP contribution >= 0.6 is 24.8 Å². The molecule has 2 aliphatic carbocycles. The molecule has 0 N–H and O–H groups in total. The SMILES string of the molecule is Cl.Cl.[CH2]=[Zr]([C]1=CC=CC1)([c]1ccc(C)cc1)([c]1ccc(C)cc1)[c]1c(C)ccc2c1Cc1cc(C)ccc1-2.